The van der Waals surface area contributed by atoms with E-state index in [1.807, 2.05) is 41.0 Å². The fourth-order valence-corrected chi connectivity index (χ4v) is 4.65. The van der Waals surface area contributed by atoms with Crippen LogP contribution in [-0.4, -0.2) is 111 Å². The average Bonchev–Trinajstić information content (AvgIpc) is 3.21. The number of rotatable bonds is 10. The van der Waals surface area contributed by atoms with Gasteiger partial charge in [0, 0.05) is 77.1 Å². The topological polar surface area (TPSA) is 90.4 Å². The van der Waals surface area contributed by atoms with Crippen molar-refractivity contribution in [2.75, 3.05) is 30.3 Å². The van der Waals surface area contributed by atoms with Crippen molar-refractivity contribution in [1.82, 2.24) is 9.80 Å². The van der Waals surface area contributed by atoms with Gasteiger partial charge < -0.3 is 14.5 Å². The predicted molar refractivity (Wildman–Crippen MR) is 134 cm³/mol. The second kappa shape index (κ2) is 12.8. The van der Waals surface area contributed by atoms with Crippen molar-refractivity contribution >= 4 is 90.4 Å². The Bertz CT molecular complexity index is 1040. The number of ether oxygens (including phenoxy) is 1. The monoisotopic (exact) mass is 518 g/mol. The predicted octanol–water partition coefficient (Wildman–Crippen LogP) is 3.15. The first kappa shape index (κ1) is 28.4. The number of carbonyl (C=O) groups excluding carboxylic acids is 1. The van der Waals surface area contributed by atoms with Crippen molar-refractivity contribution in [2.24, 2.45) is 0 Å². The van der Waals surface area contributed by atoms with Gasteiger partial charge >= 0.3 is 0 Å². The molecule has 1 fully saturated rings. The van der Waals surface area contributed by atoms with Gasteiger partial charge in [-0.2, -0.15) is 8.42 Å². The Morgan fingerprint density at radius 1 is 1.03 bits per heavy atom. The van der Waals surface area contributed by atoms with Crippen LogP contribution in [0.4, 0.5) is 5.69 Å². The Morgan fingerprint density at radius 2 is 1.73 bits per heavy atom. The molecule has 0 aliphatic carbocycles. The van der Waals surface area contributed by atoms with Crippen LogP contribution in [0.15, 0.2) is 48.0 Å². The Hall–Kier alpha value is -0.794. The van der Waals surface area contributed by atoms with Crippen LogP contribution in [0.2, 0.25) is 0 Å². The van der Waals surface area contributed by atoms with Gasteiger partial charge in [-0.1, -0.05) is 25.5 Å². The van der Waals surface area contributed by atoms with E-state index in [4.69, 9.17) is 21.5 Å². The van der Waals surface area contributed by atoms with Crippen LogP contribution in [0.1, 0.15) is 39.5 Å². The second-order valence-corrected chi connectivity index (χ2v) is 9.55. The molecule has 1 aromatic rings. The molecule has 1 N–H and O–H groups in total. The van der Waals surface area contributed by atoms with Crippen LogP contribution < -0.4 is 9.64 Å². The SMILES string of the molecule is CCCCN1C(=O)C(=C/C=C2/Oc3ccccc3N2CCCCS(=O)(=O)O)N(CC)C1=S.[K]. The molecule has 0 bridgehead atoms. The molecule has 175 valence electrons. The summed E-state index contributed by atoms with van der Waals surface area (Å²) in [4.78, 5) is 18.4. The van der Waals surface area contributed by atoms with Gasteiger partial charge in [0.2, 0.25) is 5.88 Å². The molecule has 3 rings (SSSR count). The number of benzene rings is 1. The summed E-state index contributed by atoms with van der Waals surface area (Å²) in [6, 6.07) is 7.56. The molecule has 1 radical (unpaired) electrons. The number of carbonyl (C=O) groups is 1. The molecule has 33 heavy (non-hydrogen) atoms. The minimum Gasteiger partial charge on any atom is -0.439 e. The number of amides is 1. The summed E-state index contributed by atoms with van der Waals surface area (Å²) < 4.78 is 36.9. The van der Waals surface area contributed by atoms with Gasteiger partial charge in [-0.3, -0.25) is 14.2 Å². The number of thiocarbonyl (C=S) groups is 1. The van der Waals surface area contributed by atoms with Crippen molar-refractivity contribution in [3.63, 3.8) is 0 Å². The molecule has 2 heterocycles. The van der Waals surface area contributed by atoms with Crippen LogP contribution in [0.5, 0.6) is 5.75 Å². The fraction of sp³-hybridized carbons (Fsp3) is 0.455. The van der Waals surface area contributed by atoms with Crippen LogP contribution >= 0.6 is 12.2 Å². The first-order valence-electron chi connectivity index (χ1n) is 10.8. The van der Waals surface area contributed by atoms with Crippen molar-refractivity contribution in [3.05, 3.63) is 48.0 Å². The van der Waals surface area contributed by atoms with Crippen LogP contribution in [0.25, 0.3) is 0 Å². The summed E-state index contributed by atoms with van der Waals surface area (Å²) in [5, 5.41) is 0.522. The number of unbranched alkanes of at least 4 members (excludes halogenated alkanes) is 2. The van der Waals surface area contributed by atoms with Gasteiger partial charge in [0.25, 0.3) is 16.0 Å². The van der Waals surface area contributed by atoms with Crippen molar-refractivity contribution in [1.29, 1.82) is 0 Å². The maximum atomic E-state index is 13.0. The summed E-state index contributed by atoms with van der Waals surface area (Å²) in [5.41, 5.74) is 1.38. The normalized spacial score (nSPS) is 18.2. The van der Waals surface area contributed by atoms with Crippen LogP contribution in [0, 0.1) is 0 Å². The standard InChI is InChI=1S/C22H29N3O5S2.K/c1-3-5-14-25-21(26)18(23(4-2)22(25)31)12-13-20-24(15-8-9-16-32(27,28)29)17-10-6-7-11-19(17)30-20;/h6-7,10-13H,3-5,8-9,14-16H2,1-2H3,(H,27,28,29);/b18-12?,20-13+;. The molecule has 11 heteroatoms. The summed E-state index contributed by atoms with van der Waals surface area (Å²) >= 11 is 5.52. The number of allylic oxidation sites excluding steroid dienone is 2. The van der Waals surface area contributed by atoms with Gasteiger partial charge in [0.1, 0.15) is 5.70 Å². The van der Waals surface area contributed by atoms with Gasteiger partial charge in [0.15, 0.2) is 10.9 Å². The third-order valence-corrected chi connectivity index (χ3v) is 6.57. The molecule has 1 aromatic carbocycles. The number of para-hydroxylation sites is 2. The summed E-state index contributed by atoms with van der Waals surface area (Å²) in [7, 11) is -3.98. The number of hydrogen-bond acceptors (Lipinski definition) is 6. The zero-order valence-corrected chi connectivity index (χ0v) is 24.1. The van der Waals surface area contributed by atoms with Crippen molar-refractivity contribution < 1.29 is 22.5 Å². The molecule has 2 aliphatic heterocycles. The van der Waals surface area contributed by atoms with E-state index in [9.17, 15) is 13.2 Å². The minimum absolute atomic E-state index is 0. The molecule has 8 nitrogen and oxygen atoms in total. The molecule has 0 spiro atoms. The quantitative estimate of drug-likeness (QED) is 0.166. The Labute approximate surface area is 243 Å². The van der Waals surface area contributed by atoms with E-state index in [-0.39, 0.29) is 63.0 Å². The molecular weight excluding hydrogens is 489 g/mol. The van der Waals surface area contributed by atoms with Gasteiger partial charge in [-0.15, -0.1) is 0 Å². The third kappa shape index (κ3) is 7.11. The number of nitrogens with zero attached hydrogens (tertiary/aromatic N) is 3. The van der Waals surface area contributed by atoms with Crippen molar-refractivity contribution in [3.8, 4) is 5.75 Å². The zero-order chi connectivity index (χ0) is 23.3. The molecule has 2 aliphatic rings. The first-order chi connectivity index (χ1) is 15.3. The molecule has 1 amide bonds. The average molecular weight is 519 g/mol. The Morgan fingerprint density at radius 3 is 2.39 bits per heavy atom. The smallest absolute Gasteiger partial charge is 0.276 e. The van der Waals surface area contributed by atoms with Gasteiger partial charge in [-0.05, 0) is 56.6 Å². The number of hydrogen-bond donors (Lipinski definition) is 1. The molecular formula is C22H29KN3O5S2. The first-order valence-corrected chi connectivity index (χ1v) is 12.8. The maximum absolute atomic E-state index is 13.0. The Kier molecular flexibility index (Phi) is 11.0. The fourth-order valence-electron chi connectivity index (χ4n) is 3.68. The third-order valence-electron chi connectivity index (χ3n) is 5.32. The number of likely N-dealkylation sites (N-methyl/N-ethyl adjacent to an activating group) is 1. The largest absolute Gasteiger partial charge is 0.439 e. The van der Waals surface area contributed by atoms with Gasteiger partial charge in [0.05, 0.1) is 11.4 Å². The number of anilines is 1. The molecule has 0 atom stereocenters. The summed E-state index contributed by atoms with van der Waals surface area (Å²) in [6.45, 7) is 5.71. The van der Waals surface area contributed by atoms with E-state index in [2.05, 4.69) is 6.92 Å². The minimum atomic E-state index is -3.98. The number of fused-ring (bicyclic) bond motifs is 1. The van der Waals surface area contributed by atoms with E-state index in [1.165, 1.54) is 0 Å². The van der Waals surface area contributed by atoms with Crippen molar-refractivity contribution in [2.45, 2.75) is 39.5 Å². The van der Waals surface area contributed by atoms with E-state index in [1.54, 1.807) is 17.1 Å². The van der Waals surface area contributed by atoms with E-state index in [0.29, 0.717) is 54.9 Å². The van der Waals surface area contributed by atoms with Gasteiger partial charge in [-0.25, -0.2) is 0 Å². The van der Waals surface area contributed by atoms with E-state index in [0.717, 1.165) is 18.5 Å². The van der Waals surface area contributed by atoms with Crippen LogP contribution in [0.3, 0.4) is 0 Å². The molecule has 0 unspecified atom stereocenters. The summed E-state index contributed by atoms with van der Waals surface area (Å²) in [5.74, 6) is 0.846. The Balaban J connectivity index is 0.00000385. The maximum Gasteiger partial charge on any atom is 0.276 e. The zero-order valence-electron chi connectivity index (χ0n) is 19.4. The van der Waals surface area contributed by atoms with E-state index >= 15 is 0 Å². The molecule has 1 saturated heterocycles. The van der Waals surface area contributed by atoms with E-state index < -0.39 is 10.1 Å². The molecule has 0 aromatic heterocycles. The molecule has 0 saturated carbocycles. The summed E-state index contributed by atoms with van der Waals surface area (Å²) in [6.07, 6.45) is 6.21. The second-order valence-electron chi connectivity index (χ2n) is 7.61. The van der Waals surface area contributed by atoms with Crippen LogP contribution in [-0.2, 0) is 14.9 Å².